The van der Waals surface area contributed by atoms with E-state index in [1.54, 1.807) is 0 Å². The van der Waals surface area contributed by atoms with Crippen LogP contribution in [-0.2, 0) is 13.0 Å². The zero-order valence-electron chi connectivity index (χ0n) is 10.6. The molecule has 2 aromatic rings. The average molecular weight is 308 g/mol. The van der Waals surface area contributed by atoms with E-state index in [2.05, 4.69) is 56.9 Å². The first-order chi connectivity index (χ1) is 8.70. The average Bonchev–Trinajstić information content (AvgIpc) is 2.71. The van der Waals surface area contributed by atoms with Crippen LogP contribution in [0.1, 0.15) is 23.2 Å². The Kier molecular flexibility index (Phi) is 4.55. The molecule has 18 heavy (non-hydrogen) atoms. The number of hydrogen-bond donors (Lipinski definition) is 1. The molecule has 0 bridgehead atoms. The first-order valence-electron chi connectivity index (χ1n) is 6.16. The number of hydrogen-bond acceptors (Lipinski definition) is 2. The Balaban J connectivity index is 2.09. The van der Waals surface area contributed by atoms with Crippen molar-refractivity contribution in [2.24, 2.45) is 5.73 Å². The number of nitrogens with two attached hydrogens (primary N) is 1. The highest BCUT2D eigenvalue weighted by Gasteiger charge is 2.06. The van der Waals surface area contributed by atoms with Crippen LogP contribution in [0.5, 0.6) is 0 Å². The van der Waals surface area contributed by atoms with Crippen LogP contribution >= 0.6 is 15.9 Å². The Labute approximate surface area is 116 Å². The van der Waals surface area contributed by atoms with Crippen molar-refractivity contribution < 1.29 is 0 Å². The minimum Gasteiger partial charge on any atom is -0.330 e. The summed E-state index contributed by atoms with van der Waals surface area (Å²) >= 11 is 3.44. The first kappa shape index (κ1) is 13.3. The van der Waals surface area contributed by atoms with Crippen LogP contribution in [0, 0.1) is 6.92 Å². The molecule has 0 aliphatic rings. The van der Waals surface area contributed by atoms with Crippen LogP contribution in [0.25, 0.3) is 0 Å². The van der Waals surface area contributed by atoms with Gasteiger partial charge in [0, 0.05) is 10.2 Å². The van der Waals surface area contributed by atoms with Gasteiger partial charge in [-0.15, -0.1) is 0 Å². The summed E-state index contributed by atoms with van der Waals surface area (Å²) in [5.41, 5.74) is 9.34. The topological polar surface area (TPSA) is 43.8 Å². The Morgan fingerprint density at radius 3 is 2.67 bits per heavy atom. The third kappa shape index (κ3) is 3.21. The van der Waals surface area contributed by atoms with Crippen molar-refractivity contribution in [3.05, 3.63) is 51.8 Å². The highest BCUT2D eigenvalue weighted by atomic mass is 79.9. The lowest BCUT2D eigenvalue weighted by Gasteiger charge is -2.06. The van der Waals surface area contributed by atoms with Crippen molar-refractivity contribution in [2.45, 2.75) is 26.3 Å². The lowest BCUT2D eigenvalue weighted by molar-refractivity contribution is 0.662. The fourth-order valence-corrected chi connectivity index (χ4v) is 2.21. The lowest BCUT2D eigenvalue weighted by atomic mass is 10.1. The molecule has 0 saturated carbocycles. The van der Waals surface area contributed by atoms with Crippen molar-refractivity contribution in [2.75, 3.05) is 6.54 Å². The van der Waals surface area contributed by atoms with Gasteiger partial charge in [-0.05, 0) is 49.6 Å². The van der Waals surface area contributed by atoms with E-state index < -0.39 is 0 Å². The van der Waals surface area contributed by atoms with Crippen LogP contribution in [0.2, 0.25) is 0 Å². The molecule has 0 aliphatic carbocycles. The van der Waals surface area contributed by atoms with E-state index in [1.807, 2.05) is 6.20 Å². The molecule has 0 atom stereocenters. The standard InChI is InChI=1S/C14H18BrN3/c1-11-13(3-2-8-16)9-17-18(11)10-12-4-6-14(15)7-5-12/h4-7,9H,2-3,8,10,16H2,1H3. The number of halogens is 1. The normalized spacial score (nSPS) is 10.8. The van der Waals surface area contributed by atoms with E-state index >= 15 is 0 Å². The zero-order valence-corrected chi connectivity index (χ0v) is 12.2. The van der Waals surface area contributed by atoms with Crippen LogP contribution in [0.15, 0.2) is 34.9 Å². The van der Waals surface area contributed by atoms with E-state index in [4.69, 9.17) is 5.73 Å². The first-order valence-corrected chi connectivity index (χ1v) is 6.96. The molecule has 0 radical (unpaired) electrons. The third-order valence-corrected chi connectivity index (χ3v) is 3.63. The summed E-state index contributed by atoms with van der Waals surface area (Å²) in [5, 5.41) is 4.45. The van der Waals surface area contributed by atoms with Gasteiger partial charge in [-0.3, -0.25) is 4.68 Å². The smallest absolute Gasteiger partial charge is 0.0662 e. The van der Waals surface area contributed by atoms with Gasteiger partial charge < -0.3 is 5.73 Å². The third-order valence-electron chi connectivity index (χ3n) is 3.10. The second-order valence-electron chi connectivity index (χ2n) is 4.43. The van der Waals surface area contributed by atoms with Gasteiger partial charge in [0.15, 0.2) is 0 Å². The summed E-state index contributed by atoms with van der Waals surface area (Å²) in [7, 11) is 0. The van der Waals surface area contributed by atoms with Crippen LogP contribution < -0.4 is 5.73 Å². The van der Waals surface area contributed by atoms with E-state index in [0.717, 1.165) is 30.4 Å². The minimum atomic E-state index is 0.733. The lowest BCUT2D eigenvalue weighted by Crippen LogP contribution is -2.05. The molecular weight excluding hydrogens is 290 g/mol. The zero-order chi connectivity index (χ0) is 13.0. The van der Waals surface area contributed by atoms with Gasteiger partial charge in [-0.2, -0.15) is 5.10 Å². The molecule has 0 saturated heterocycles. The Bertz CT molecular complexity index is 502. The maximum Gasteiger partial charge on any atom is 0.0662 e. The molecule has 0 spiro atoms. The Morgan fingerprint density at radius 1 is 1.28 bits per heavy atom. The predicted molar refractivity (Wildman–Crippen MR) is 77.6 cm³/mol. The van der Waals surface area contributed by atoms with E-state index in [-0.39, 0.29) is 0 Å². The van der Waals surface area contributed by atoms with Crippen molar-refractivity contribution in [1.29, 1.82) is 0 Å². The van der Waals surface area contributed by atoms with Crippen LogP contribution in [-0.4, -0.2) is 16.3 Å². The van der Waals surface area contributed by atoms with E-state index in [0.29, 0.717) is 0 Å². The summed E-state index contributed by atoms with van der Waals surface area (Å²) in [6, 6.07) is 8.35. The molecule has 3 nitrogen and oxygen atoms in total. The van der Waals surface area contributed by atoms with E-state index in [9.17, 15) is 0 Å². The fourth-order valence-electron chi connectivity index (χ4n) is 1.95. The predicted octanol–water partition coefficient (Wildman–Crippen LogP) is 2.89. The number of aryl methyl sites for hydroxylation is 1. The molecular formula is C14H18BrN3. The van der Waals surface area contributed by atoms with Gasteiger partial charge in [-0.1, -0.05) is 28.1 Å². The van der Waals surface area contributed by atoms with Crippen LogP contribution in [0.4, 0.5) is 0 Å². The van der Waals surface area contributed by atoms with Crippen molar-refractivity contribution >= 4 is 15.9 Å². The van der Waals surface area contributed by atoms with Crippen molar-refractivity contribution in [3.63, 3.8) is 0 Å². The summed E-state index contributed by atoms with van der Waals surface area (Å²) in [6.45, 7) is 3.68. The maximum absolute atomic E-state index is 5.54. The molecule has 1 aromatic heterocycles. The van der Waals surface area contributed by atoms with E-state index in [1.165, 1.54) is 16.8 Å². The Hall–Kier alpha value is -1.13. The second kappa shape index (κ2) is 6.16. The highest BCUT2D eigenvalue weighted by Crippen LogP contribution is 2.14. The van der Waals surface area contributed by atoms with Gasteiger partial charge in [0.25, 0.3) is 0 Å². The molecule has 0 fully saturated rings. The SMILES string of the molecule is Cc1c(CCCN)cnn1Cc1ccc(Br)cc1. The molecule has 2 rings (SSSR count). The molecule has 1 aromatic carbocycles. The van der Waals surface area contributed by atoms with Gasteiger partial charge in [-0.25, -0.2) is 0 Å². The molecule has 4 heteroatoms. The van der Waals surface area contributed by atoms with Crippen molar-refractivity contribution in [1.82, 2.24) is 9.78 Å². The highest BCUT2D eigenvalue weighted by molar-refractivity contribution is 9.10. The number of aromatic nitrogens is 2. The fraction of sp³-hybridized carbons (Fsp3) is 0.357. The number of rotatable bonds is 5. The minimum absolute atomic E-state index is 0.733. The number of nitrogens with zero attached hydrogens (tertiary/aromatic N) is 2. The largest absolute Gasteiger partial charge is 0.330 e. The summed E-state index contributed by atoms with van der Waals surface area (Å²) in [4.78, 5) is 0. The monoisotopic (exact) mass is 307 g/mol. The molecule has 2 N–H and O–H groups in total. The Morgan fingerprint density at radius 2 is 2.00 bits per heavy atom. The van der Waals surface area contributed by atoms with Crippen molar-refractivity contribution in [3.8, 4) is 0 Å². The summed E-state index contributed by atoms with van der Waals surface area (Å²) < 4.78 is 3.15. The molecule has 0 aliphatic heterocycles. The quantitative estimate of drug-likeness (QED) is 0.923. The molecule has 1 heterocycles. The van der Waals surface area contributed by atoms with Gasteiger partial charge in [0.05, 0.1) is 12.7 Å². The second-order valence-corrected chi connectivity index (χ2v) is 5.35. The molecule has 96 valence electrons. The van der Waals surface area contributed by atoms with Gasteiger partial charge in [0.1, 0.15) is 0 Å². The molecule has 0 amide bonds. The summed E-state index contributed by atoms with van der Waals surface area (Å²) in [5.74, 6) is 0. The van der Waals surface area contributed by atoms with Crippen LogP contribution in [0.3, 0.4) is 0 Å². The molecule has 0 unspecified atom stereocenters. The van der Waals surface area contributed by atoms with Gasteiger partial charge >= 0.3 is 0 Å². The number of benzene rings is 1. The van der Waals surface area contributed by atoms with Gasteiger partial charge in [0.2, 0.25) is 0 Å². The maximum atomic E-state index is 5.54. The summed E-state index contributed by atoms with van der Waals surface area (Å²) in [6.07, 6.45) is 4.00.